The van der Waals surface area contributed by atoms with E-state index >= 15 is 0 Å². The van der Waals surface area contributed by atoms with Crippen LogP contribution in [0.1, 0.15) is 40.6 Å². The maximum Gasteiger partial charge on any atom is 0.284 e. The molecule has 0 unspecified atom stereocenters. The Morgan fingerprint density at radius 1 is 0.938 bits per heavy atom. The van der Waals surface area contributed by atoms with E-state index in [-0.39, 0.29) is 23.3 Å². The average Bonchev–Trinajstić information content (AvgIpc) is 2.79. The van der Waals surface area contributed by atoms with Gasteiger partial charge in [0.25, 0.3) is 15.9 Å². The third-order valence-corrected chi connectivity index (χ3v) is 8.46. The Balaban J connectivity index is 1.67. The number of amides is 1. The quantitative estimate of drug-likeness (QED) is 0.474. The first-order valence-electron chi connectivity index (χ1n) is 10.3. The summed E-state index contributed by atoms with van der Waals surface area (Å²) in [6.45, 7) is 1.89. The first-order valence-corrected chi connectivity index (χ1v) is 12.6. The Labute approximate surface area is 196 Å². The molecule has 1 saturated heterocycles. The van der Waals surface area contributed by atoms with Crippen LogP contribution in [0.3, 0.4) is 0 Å². The standard InChI is InChI=1S/C25H21BrN2O3S/c1-17-10-12-19(13-11-17)32(30,31)28-24(29)16-22(18-6-3-2-4-7-18)25-21-8-5-9-23(26)20(21)14-15-27(25)28/h2-15,22,25H,16H2,1H3/t22-,25+/m1/s1. The molecule has 0 aromatic heterocycles. The molecule has 1 fully saturated rings. The summed E-state index contributed by atoms with van der Waals surface area (Å²) < 4.78 is 29.1. The molecule has 0 aliphatic carbocycles. The van der Waals surface area contributed by atoms with Crippen LogP contribution in [0.2, 0.25) is 0 Å². The van der Waals surface area contributed by atoms with Gasteiger partial charge in [0, 0.05) is 23.0 Å². The summed E-state index contributed by atoms with van der Waals surface area (Å²) in [6, 6.07) is 22.0. The van der Waals surface area contributed by atoms with Crippen molar-refractivity contribution in [2.24, 2.45) is 0 Å². The van der Waals surface area contributed by atoms with E-state index in [2.05, 4.69) is 15.9 Å². The molecule has 5 rings (SSSR count). The molecule has 162 valence electrons. The number of aryl methyl sites for hydroxylation is 1. The number of hydrogen-bond donors (Lipinski definition) is 0. The molecule has 0 N–H and O–H groups in total. The molecule has 3 aromatic carbocycles. The predicted molar refractivity (Wildman–Crippen MR) is 127 cm³/mol. The van der Waals surface area contributed by atoms with Crippen LogP contribution in [0.25, 0.3) is 6.08 Å². The fourth-order valence-electron chi connectivity index (χ4n) is 4.52. The zero-order chi connectivity index (χ0) is 22.5. The minimum absolute atomic E-state index is 0.0933. The number of carbonyl (C=O) groups excluding carboxylic acids is 1. The molecule has 5 nitrogen and oxygen atoms in total. The molecule has 32 heavy (non-hydrogen) atoms. The van der Waals surface area contributed by atoms with Crippen molar-refractivity contribution in [1.82, 2.24) is 9.42 Å². The minimum Gasteiger partial charge on any atom is -0.272 e. The maximum atomic E-state index is 13.6. The lowest BCUT2D eigenvalue weighted by molar-refractivity contribution is -0.144. The molecule has 0 bridgehead atoms. The van der Waals surface area contributed by atoms with Crippen molar-refractivity contribution < 1.29 is 13.2 Å². The van der Waals surface area contributed by atoms with Crippen molar-refractivity contribution >= 4 is 37.9 Å². The third kappa shape index (κ3) is 3.36. The van der Waals surface area contributed by atoms with Gasteiger partial charge in [-0.15, -0.1) is 4.41 Å². The SMILES string of the molecule is Cc1ccc(S(=O)(=O)N2C(=O)C[C@H](c3ccccc3)[C@@H]3c4cccc(Br)c4C=CN32)cc1. The topological polar surface area (TPSA) is 57.7 Å². The van der Waals surface area contributed by atoms with Crippen LogP contribution >= 0.6 is 15.9 Å². The number of nitrogens with zero attached hydrogens (tertiary/aromatic N) is 2. The highest BCUT2D eigenvalue weighted by atomic mass is 79.9. The number of sulfonamides is 1. The lowest BCUT2D eigenvalue weighted by Crippen LogP contribution is -2.55. The average molecular weight is 509 g/mol. The normalized spacial score (nSPS) is 20.1. The number of fused-ring (bicyclic) bond motifs is 3. The number of benzene rings is 3. The van der Waals surface area contributed by atoms with Gasteiger partial charge in [0.15, 0.2) is 0 Å². The van der Waals surface area contributed by atoms with Crippen molar-refractivity contribution in [1.29, 1.82) is 0 Å². The van der Waals surface area contributed by atoms with E-state index < -0.39 is 15.9 Å². The summed E-state index contributed by atoms with van der Waals surface area (Å²) in [7, 11) is -4.07. The van der Waals surface area contributed by atoms with E-state index in [1.54, 1.807) is 35.5 Å². The Morgan fingerprint density at radius 3 is 2.38 bits per heavy atom. The summed E-state index contributed by atoms with van der Waals surface area (Å²) in [5.41, 5.74) is 3.93. The van der Waals surface area contributed by atoms with Crippen molar-refractivity contribution in [2.45, 2.75) is 30.2 Å². The second-order valence-corrected chi connectivity index (χ2v) is 10.7. The minimum atomic E-state index is -4.07. The Kier molecular flexibility index (Phi) is 5.18. The first kappa shape index (κ1) is 21.0. The van der Waals surface area contributed by atoms with E-state index in [0.717, 1.165) is 31.1 Å². The number of hydrazine groups is 1. The van der Waals surface area contributed by atoms with E-state index in [9.17, 15) is 13.2 Å². The van der Waals surface area contributed by atoms with E-state index in [1.165, 1.54) is 0 Å². The van der Waals surface area contributed by atoms with Crippen LogP contribution in [0.15, 0.2) is 88.4 Å². The second-order valence-electron chi connectivity index (χ2n) is 8.06. The van der Waals surface area contributed by atoms with Gasteiger partial charge in [-0.1, -0.05) is 76.1 Å². The predicted octanol–water partition coefficient (Wildman–Crippen LogP) is 5.40. The Hall–Kier alpha value is -2.90. The fourth-order valence-corrected chi connectivity index (χ4v) is 6.46. The zero-order valence-electron chi connectivity index (χ0n) is 17.4. The molecule has 2 aliphatic rings. The lowest BCUT2D eigenvalue weighted by atomic mass is 9.80. The largest absolute Gasteiger partial charge is 0.284 e. The zero-order valence-corrected chi connectivity index (χ0v) is 19.8. The molecule has 0 spiro atoms. The van der Waals surface area contributed by atoms with Gasteiger partial charge in [0.05, 0.1) is 10.9 Å². The smallest absolute Gasteiger partial charge is 0.272 e. The second kappa shape index (κ2) is 7.90. The van der Waals surface area contributed by atoms with Crippen molar-refractivity contribution in [3.05, 3.63) is 106 Å². The van der Waals surface area contributed by atoms with Crippen molar-refractivity contribution in [3.8, 4) is 0 Å². The molecular formula is C25H21BrN2O3S. The number of halogens is 1. The summed E-state index contributed by atoms with van der Waals surface area (Å²) in [6.07, 6.45) is 3.65. The maximum absolute atomic E-state index is 13.6. The molecule has 2 aliphatic heterocycles. The van der Waals surface area contributed by atoms with Crippen molar-refractivity contribution in [3.63, 3.8) is 0 Å². The lowest BCUT2D eigenvalue weighted by Gasteiger charge is -2.48. The van der Waals surface area contributed by atoms with Crippen LogP contribution in [0, 0.1) is 6.92 Å². The molecule has 7 heteroatoms. The van der Waals surface area contributed by atoms with E-state index in [1.807, 2.05) is 61.5 Å². The third-order valence-electron chi connectivity index (χ3n) is 6.06. The van der Waals surface area contributed by atoms with Crippen LogP contribution < -0.4 is 0 Å². The van der Waals surface area contributed by atoms with Gasteiger partial charge in [0.2, 0.25) is 0 Å². The van der Waals surface area contributed by atoms with Crippen LogP contribution in [0.4, 0.5) is 0 Å². The highest BCUT2D eigenvalue weighted by Gasteiger charge is 2.47. The monoisotopic (exact) mass is 508 g/mol. The van der Waals surface area contributed by atoms with Gasteiger partial charge in [-0.2, -0.15) is 8.42 Å². The van der Waals surface area contributed by atoms with Gasteiger partial charge in [0.1, 0.15) is 0 Å². The van der Waals surface area contributed by atoms with E-state index in [4.69, 9.17) is 0 Å². The molecule has 2 atom stereocenters. The molecule has 3 aromatic rings. The highest BCUT2D eigenvalue weighted by Crippen LogP contribution is 2.48. The molecule has 2 heterocycles. The van der Waals surface area contributed by atoms with Gasteiger partial charge >= 0.3 is 0 Å². The fraction of sp³-hybridized carbons (Fsp3) is 0.160. The first-order chi connectivity index (χ1) is 15.4. The molecule has 0 radical (unpaired) electrons. The molecule has 0 saturated carbocycles. The molecule has 1 amide bonds. The van der Waals surface area contributed by atoms with Crippen LogP contribution in [-0.4, -0.2) is 23.7 Å². The van der Waals surface area contributed by atoms with Gasteiger partial charge in [-0.05, 0) is 47.9 Å². The summed E-state index contributed by atoms with van der Waals surface area (Å²) in [4.78, 5) is 13.5. The summed E-state index contributed by atoms with van der Waals surface area (Å²) >= 11 is 3.62. The number of rotatable bonds is 3. The van der Waals surface area contributed by atoms with Crippen molar-refractivity contribution in [2.75, 3.05) is 0 Å². The van der Waals surface area contributed by atoms with Crippen LogP contribution in [0.5, 0.6) is 0 Å². The van der Waals surface area contributed by atoms with Gasteiger partial charge in [-0.3, -0.25) is 9.80 Å². The number of carbonyl (C=O) groups is 1. The Bertz CT molecular complexity index is 1320. The highest BCUT2D eigenvalue weighted by molar-refractivity contribution is 9.10. The van der Waals surface area contributed by atoms with Gasteiger partial charge < -0.3 is 0 Å². The van der Waals surface area contributed by atoms with E-state index in [0.29, 0.717) is 0 Å². The summed E-state index contributed by atoms with van der Waals surface area (Å²) in [5, 5.41) is 1.59. The summed E-state index contributed by atoms with van der Waals surface area (Å²) in [5.74, 6) is -0.634. The molecular weight excluding hydrogens is 488 g/mol. The number of hydrogen-bond acceptors (Lipinski definition) is 4. The van der Waals surface area contributed by atoms with Crippen LogP contribution in [-0.2, 0) is 14.8 Å². The Morgan fingerprint density at radius 2 is 1.66 bits per heavy atom. The van der Waals surface area contributed by atoms with Gasteiger partial charge in [-0.25, -0.2) is 0 Å².